The third kappa shape index (κ3) is 4.92. The van der Waals surface area contributed by atoms with Gasteiger partial charge in [-0.05, 0) is 74.1 Å². The van der Waals surface area contributed by atoms with Crippen molar-refractivity contribution in [2.45, 2.75) is 50.6 Å². The van der Waals surface area contributed by atoms with E-state index in [1.807, 2.05) is 12.1 Å². The maximum atomic E-state index is 12.9. The van der Waals surface area contributed by atoms with E-state index in [0.29, 0.717) is 36.5 Å². The summed E-state index contributed by atoms with van der Waals surface area (Å²) in [5.41, 5.74) is 1.95. The Morgan fingerprint density at radius 2 is 2.00 bits per heavy atom. The van der Waals surface area contributed by atoms with E-state index in [1.54, 1.807) is 23.5 Å². The lowest BCUT2D eigenvalue weighted by Crippen LogP contribution is -2.40. The second-order valence-electron chi connectivity index (χ2n) is 10.3. The summed E-state index contributed by atoms with van der Waals surface area (Å²) in [7, 11) is 0. The summed E-state index contributed by atoms with van der Waals surface area (Å²) in [6.07, 6.45) is 1.97. The summed E-state index contributed by atoms with van der Waals surface area (Å²) in [5.74, 6) is 0.273. The van der Waals surface area contributed by atoms with Crippen LogP contribution in [0.15, 0.2) is 55.0 Å². The molecule has 0 N–H and O–H groups in total. The van der Waals surface area contributed by atoms with Crippen LogP contribution in [0.2, 0.25) is 0 Å². The van der Waals surface area contributed by atoms with Gasteiger partial charge in [-0.15, -0.1) is 5.10 Å². The summed E-state index contributed by atoms with van der Waals surface area (Å²) in [6, 6.07) is 12.3. The molecule has 1 aliphatic carbocycles. The van der Waals surface area contributed by atoms with Gasteiger partial charge in [0, 0.05) is 6.54 Å². The number of ether oxygens (including phenoxy) is 1. The fourth-order valence-electron chi connectivity index (χ4n) is 5.70. The van der Waals surface area contributed by atoms with Crippen molar-refractivity contribution in [3.05, 3.63) is 71.8 Å². The number of rotatable bonds is 5. The predicted octanol–water partition coefficient (Wildman–Crippen LogP) is 5.09. The van der Waals surface area contributed by atoms with Crippen LogP contribution in [0.5, 0.6) is 0 Å². The Labute approximate surface area is 221 Å². The van der Waals surface area contributed by atoms with Crippen molar-refractivity contribution in [3.63, 3.8) is 0 Å². The fraction of sp³-hybridized carbons (Fsp3) is 0.370. The predicted molar refractivity (Wildman–Crippen MR) is 132 cm³/mol. The summed E-state index contributed by atoms with van der Waals surface area (Å²) < 4.78 is 47.9. The topological polar surface area (TPSA) is 102 Å². The molecule has 2 aliphatic rings. The normalized spacial score (nSPS) is 21.4. The molecule has 2 unspecified atom stereocenters. The molecule has 1 saturated heterocycles. The molecule has 0 bridgehead atoms. The van der Waals surface area contributed by atoms with E-state index in [1.165, 1.54) is 16.8 Å². The Hall–Kier alpha value is -4.40. The zero-order valence-corrected chi connectivity index (χ0v) is 20.8. The second-order valence-corrected chi connectivity index (χ2v) is 10.3. The first-order valence-electron chi connectivity index (χ1n) is 12.6. The Morgan fingerprint density at radius 3 is 2.77 bits per heavy atom. The molecule has 0 radical (unpaired) electrons. The largest absolute Gasteiger partial charge is 0.441 e. The lowest BCUT2D eigenvalue weighted by Gasteiger charge is -2.36. The second kappa shape index (κ2) is 9.41. The number of benzene rings is 2. The maximum Gasteiger partial charge on any atom is 0.416 e. The maximum absolute atomic E-state index is 12.9. The first-order valence-corrected chi connectivity index (χ1v) is 12.6. The van der Waals surface area contributed by atoms with Crippen molar-refractivity contribution in [2.24, 2.45) is 5.92 Å². The summed E-state index contributed by atoms with van der Waals surface area (Å²) in [5, 5.41) is 17.4. The molecule has 9 nitrogen and oxygen atoms in total. The van der Waals surface area contributed by atoms with E-state index in [4.69, 9.17) is 4.74 Å². The van der Waals surface area contributed by atoms with E-state index in [9.17, 15) is 23.2 Å². The molecule has 12 heteroatoms. The fourth-order valence-corrected chi connectivity index (χ4v) is 5.70. The highest BCUT2D eigenvalue weighted by molar-refractivity contribution is 5.77. The van der Waals surface area contributed by atoms with Crippen molar-refractivity contribution in [3.8, 4) is 11.8 Å². The van der Waals surface area contributed by atoms with Gasteiger partial charge < -0.3 is 9.30 Å². The van der Waals surface area contributed by atoms with Crippen LogP contribution in [0.4, 0.5) is 18.0 Å². The van der Waals surface area contributed by atoms with E-state index < -0.39 is 23.4 Å². The van der Waals surface area contributed by atoms with Gasteiger partial charge in [0.25, 0.3) is 0 Å². The monoisotopic (exact) mass is 535 g/mol. The third-order valence-electron chi connectivity index (χ3n) is 7.50. The molecule has 2 aromatic heterocycles. The SMILES string of the molecule is N#Cc1ccc2ncn(CC3CCCC4(C3)CN(Cc3cn(-c5ccc(C(F)(F)F)cc5)nn3)C(=O)O4)c2c1. The summed E-state index contributed by atoms with van der Waals surface area (Å²) >= 11 is 0. The molecule has 2 fully saturated rings. The summed E-state index contributed by atoms with van der Waals surface area (Å²) in [6.45, 7) is 1.33. The van der Waals surface area contributed by atoms with Crippen LogP contribution in [0.25, 0.3) is 16.7 Å². The molecule has 1 amide bonds. The van der Waals surface area contributed by atoms with Gasteiger partial charge in [-0.25, -0.2) is 14.5 Å². The van der Waals surface area contributed by atoms with Gasteiger partial charge in [0.15, 0.2) is 0 Å². The molecule has 2 aromatic carbocycles. The van der Waals surface area contributed by atoms with Gasteiger partial charge in [0.2, 0.25) is 0 Å². The molecule has 6 rings (SSSR count). The lowest BCUT2D eigenvalue weighted by atomic mass is 9.78. The Balaban J connectivity index is 1.12. The number of alkyl halides is 3. The van der Waals surface area contributed by atoms with Gasteiger partial charge in [0.05, 0.1) is 59.5 Å². The zero-order chi connectivity index (χ0) is 27.2. The number of hydrogen-bond acceptors (Lipinski definition) is 6. The number of imidazole rings is 1. The Bertz CT molecular complexity index is 1570. The third-order valence-corrected chi connectivity index (χ3v) is 7.50. The van der Waals surface area contributed by atoms with Crippen LogP contribution in [0.3, 0.4) is 0 Å². The van der Waals surface area contributed by atoms with Crippen molar-refractivity contribution in [2.75, 3.05) is 6.54 Å². The molecular weight excluding hydrogens is 511 g/mol. The number of aromatic nitrogens is 5. The first kappa shape index (κ1) is 24.9. The number of nitriles is 1. The van der Waals surface area contributed by atoms with Crippen LogP contribution >= 0.6 is 0 Å². The Kier molecular flexibility index (Phi) is 6.01. The number of amides is 1. The highest BCUT2D eigenvalue weighted by Crippen LogP contribution is 2.41. The number of nitrogens with zero attached hydrogens (tertiary/aromatic N) is 7. The number of halogens is 3. The van der Waals surface area contributed by atoms with Crippen molar-refractivity contribution in [1.82, 2.24) is 29.4 Å². The standard InChI is InChI=1S/C27H24F3N7O2/c28-27(29,30)20-4-6-22(7-5-20)37-15-21(33-34-37)14-35-16-26(39-25(35)38)9-1-2-19(11-26)13-36-17-32-23-8-3-18(12-31)10-24(23)36/h3-8,10,15,17,19H,1-2,9,11,13-14,16H2. The molecule has 39 heavy (non-hydrogen) atoms. The van der Waals surface area contributed by atoms with E-state index >= 15 is 0 Å². The van der Waals surface area contributed by atoms with Crippen LogP contribution in [-0.4, -0.2) is 47.7 Å². The van der Waals surface area contributed by atoms with Gasteiger partial charge >= 0.3 is 12.3 Å². The van der Waals surface area contributed by atoms with Crippen molar-refractivity contribution < 1.29 is 22.7 Å². The molecule has 2 atom stereocenters. The van der Waals surface area contributed by atoms with Gasteiger partial charge in [0.1, 0.15) is 11.3 Å². The molecule has 200 valence electrons. The van der Waals surface area contributed by atoms with E-state index in [2.05, 4.69) is 25.9 Å². The van der Waals surface area contributed by atoms with Crippen molar-refractivity contribution in [1.29, 1.82) is 5.26 Å². The number of hydrogen-bond donors (Lipinski definition) is 0. The van der Waals surface area contributed by atoms with Crippen LogP contribution < -0.4 is 0 Å². The smallest absolute Gasteiger partial charge is 0.416 e. The van der Waals surface area contributed by atoms with Gasteiger partial charge in [-0.1, -0.05) is 5.21 Å². The molecule has 1 saturated carbocycles. The number of fused-ring (bicyclic) bond motifs is 1. The Morgan fingerprint density at radius 1 is 1.18 bits per heavy atom. The van der Waals surface area contributed by atoms with Crippen LogP contribution in [0, 0.1) is 17.2 Å². The number of carbonyl (C=O) groups is 1. The molecule has 1 spiro atoms. The minimum atomic E-state index is -4.41. The molecule has 4 aromatic rings. The molecule has 3 heterocycles. The zero-order valence-electron chi connectivity index (χ0n) is 20.8. The number of carbonyl (C=O) groups excluding carboxylic acids is 1. The highest BCUT2D eigenvalue weighted by atomic mass is 19.4. The average molecular weight is 536 g/mol. The highest BCUT2D eigenvalue weighted by Gasteiger charge is 2.48. The molecule has 1 aliphatic heterocycles. The van der Waals surface area contributed by atoms with Crippen molar-refractivity contribution >= 4 is 17.1 Å². The van der Waals surface area contributed by atoms with Crippen LogP contribution in [0.1, 0.15) is 42.5 Å². The van der Waals surface area contributed by atoms with Gasteiger partial charge in [-0.3, -0.25) is 4.90 Å². The summed E-state index contributed by atoms with van der Waals surface area (Å²) in [4.78, 5) is 18.9. The molecular formula is C27H24F3N7O2. The minimum absolute atomic E-state index is 0.189. The van der Waals surface area contributed by atoms with E-state index in [0.717, 1.165) is 42.4 Å². The van der Waals surface area contributed by atoms with Crippen LogP contribution in [-0.2, 0) is 24.0 Å². The van der Waals surface area contributed by atoms with E-state index in [-0.39, 0.29) is 12.5 Å². The lowest BCUT2D eigenvalue weighted by molar-refractivity contribution is -0.137. The van der Waals surface area contributed by atoms with Gasteiger partial charge in [-0.2, -0.15) is 18.4 Å². The quantitative estimate of drug-likeness (QED) is 0.353. The average Bonchev–Trinajstić information content (AvgIpc) is 3.62. The minimum Gasteiger partial charge on any atom is -0.441 e. The first-order chi connectivity index (χ1) is 18.7.